The number of halogens is 4. The number of carbonyl (C=O) groups excluding carboxylic acids is 2. The van der Waals surface area contributed by atoms with Gasteiger partial charge in [0, 0.05) is 18.5 Å². The van der Waals surface area contributed by atoms with Crippen LogP contribution < -0.4 is 5.32 Å². The minimum absolute atomic E-state index is 0.180. The number of rotatable bonds is 4. The molecule has 2 amide bonds. The Bertz CT molecular complexity index is 643. The third kappa shape index (κ3) is 4.04. The predicted octanol–water partition coefficient (Wildman–Crippen LogP) is 2.38. The van der Waals surface area contributed by atoms with Crippen molar-refractivity contribution in [3.8, 4) is 0 Å². The Morgan fingerprint density at radius 2 is 1.92 bits per heavy atom. The van der Waals surface area contributed by atoms with E-state index in [0.717, 1.165) is 0 Å². The molecule has 0 unspecified atom stereocenters. The second-order valence-electron chi connectivity index (χ2n) is 6.37. The zero-order valence-corrected chi connectivity index (χ0v) is 13.3. The Balaban J connectivity index is 2.05. The molecule has 132 valence electrons. The van der Waals surface area contributed by atoms with E-state index in [1.165, 1.54) is 32.0 Å². The molecule has 1 heterocycles. The second-order valence-corrected chi connectivity index (χ2v) is 6.37. The van der Waals surface area contributed by atoms with E-state index in [1.54, 1.807) is 6.07 Å². The zero-order valence-electron chi connectivity index (χ0n) is 13.3. The van der Waals surface area contributed by atoms with E-state index in [9.17, 15) is 27.2 Å². The number of nitrogens with one attached hydrogen (secondary N) is 1. The van der Waals surface area contributed by atoms with Crippen molar-refractivity contribution in [1.29, 1.82) is 0 Å². The van der Waals surface area contributed by atoms with Crippen LogP contribution in [0.5, 0.6) is 0 Å². The van der Waals surface area contributed by atoms with Gasteiger partial charge in [0.1, 0.15) is 12.4 Å². The first kappa shape index (κ1) is 18.2. The fraction of sp³-hybridized carbons (Fsp3) is 0.500. The van der Waals surface area contributed by atoms with E-state index in [-0.39, 0.29) is 18.5 Å². The van der Waals surface area contributed by atoms with Gasteiger partial charge in [0.25, 0.3) is 0 Å². The van der Waals surface area contributed by atoms with Crippen LogP contribution in [0.15, 0.2) is 24.3 Å². The van der Waals surface area contributed by atoms with E-state index in [2.05, 4.69) is 5.32 Å². The number of carbonyl (C=O) groups is 2. The van der Waals surface area contributed by atoms with Crippen LogP contribution in [0.2, 0.25) is 0 Å². The summed E-state index contributed by atoms with van der Waals surface area (Å²) in [6, 6.07) is 5.08. The molecule has 0 aliphatic carbocycles. The molecule has 0 radical (unpaired) electrons. The summed E-state index contributed by atoms with van der Waals surface area (Å²) in [5.74, 6) is -1.75. The molecule has 0 aromatic heterocycles. The molecule has 1 atom stereocenters. The van der Waals surface area contributed by atoms with Crippen molar-refractivity contribution < 1.29 is 27.2 Å². The van der Waals surface area contributed by atoms with Crippen LogP contribution >= 0.6 is 0 Å². The molecule has 0 bridgehead atoms. The summed E-state index contributed by atoms with van der Waals surface area (Å²) in [5, 5.41) is 2.56. The van der Waals surface area contributed by atoms with Crippen LogP contribution in [-0.4, -0.2) is 42.0 Å². The standard InChI is InChI=1S/C16H18F4N2O2/c1-15(2,11-5-3-4-6-12(11)17)14(24)21-10-7-13(23)22(8-10)9-16(18,19)20/h3-6,10H,7-9H2,1-2H3,(H,21,24)/t10-/m0/s1. The van der Waals surface area contributed by atoms with Gasteiger partial charge in [-0.3, -0.25) is 9.59 Å². The molecule has 0 saturated carbocycles. The molecule has 1 N–H and O–H groups in total. The predicted molar refractivity (Wildman–Crippen MR) is 78.6 cm³/mol. The summed E-state index contributed by atoms with van der Waals surface area (Å²) in [6.07, 6.45) is -4.68. The van der Waals surface area contributed by atoms with Gasteiger partial charge >= 0.3 is 6.18 Å². The zero-order chi connectivity index (χ0) is 18.1. The summed E-state index contributed by atoms with van der Waals surface area (Å²) in [7, 11) is 0. The molecular formula is C16H18F4N2O2. The van der Waals surface area contributed by atoms with Crippen LogP contribution in [0, 0.1) is 5.82 Å². The van der Waals surface area contributed by atoms with Gasteiger partial charge in [0.05, 0.1) is 11.5 Å². The summed E-state index contributed by atoms with van der Waals surface area (Å²) < 4.78 is 51.1. The molecule has 1 saturated heterocycles. The summed E-state index contributed by atoms with van der Waals surface area (Å²) in [6.45, 7) is 1.49. The molecule has 24 heavy (non-hydrogen) atoms. The Hall–Kier alpha value is -2.12. The van der Waals surface area contributed by atoms with Crippen LogP contribution in [0.25, 0.3) is 0 Å². The Morgan fingerprint density at radius 3 is 2.50 bits per heavy atom. The highest BCUT2D eigenvalue weighted by Gasteiger charge is 2.40. The molecular weight excluding hydrogens is 328 g/mol. The van der Waals surface area contributed by atoms with E-state index in [1.807, 2.05) is 0 Å². The molecule has 8 heteroatoms. The van der Waals surface area contributed by atoms with Gasteiger partial charge in [-0.2, -0.15) is 13.2 Å². The van der Waals surface area contributed by atoms with Gasteiger partial charge in [-0.15, -0.1) is 0 Å². The smallest absolute Gasteiger partial charge is 0.350 e. The minimum atomic E-state index is -4.49. The molecule has 1 aliphatic rings. The molecule has 1 aliphatic heterocycles. The maximum absolute atomic E-state index is 13.9. The maximum atomic E-state index is 13.9. The van der Waals surface area contributed by atoms with E-state index in [0.29, 0.717) is 4.90 Å². The number of hydrogen-bond donors (Lipinski definition) is 1. The van der Waals surface area contributed by atoms with Crippen LogP contribution in [0.4, 0.5) is 17.6 Å². The minimum Gasteiger partial charge on any atom is -0.350 e. The van der Waals surface area contributed by atoms with Crippen molar-refractivity contribution in [2.24, 2.45) is 0 Å². The van der Waals surface area contributed by atoms with Gasteiger partial charge < -0.3 is 10.2 Å². The number of amides is 2. The van der Waals surface area contributed by atoms with Gasteiger partial charge in [-0.05, 0) is 19.9 Å². The largest absolute Gasteiger partial charge is 0.406 e. The average molecular weight is 346 g/mol. The summed E-state index contributed by atoms with van der Waals surface area (Å²) in [5.41, 5.74) is -1.04. The van der Waals surface area contributed by atoms with Crippen molar-refractivity contribution in [1.82, 2.24) is 10.2 Å². The van der Waals surface area contributed by atoms with Crippen LogP contribution in [-0.2, 0) is 15.0 Å². The van der Waals surface area contributed by atoms with E-state index in [4.69, 9.17) is 0 Å². The summed E-state index contributed by atoms with van der Waals surface area (Å²) in [4.78, 5) is 24.7. The third-order valence-corrected chi connectivity index (χ3v) is 4.03. The molecule has 1 aromatic carbocycles. The van der Waals surface area contributed by atoms with Gasteiger partial charge in [-0.25, -0.2) is 4.39 Å². The number of likely N-dealkylation sites (tertiary alicyclic amines) is 1. The van der Waals surface area contributed by atoms with Gasteiger partial charge in [0.2, 0.25) is 11.8 Å². The van der Waals surface area contributed by atoms with E-state index < -0.39 is 41.8 Å². The maximum Gasteiger partial charge on any atom is 0.406 e. The van der Waals surface area contributed by atoms with Crippen molar-refractivity contribution in [3.05, 3.63) is 35.6 Å². The topological polar surface area (TPSA) is 49.4 Å². The van der Waals surface area contributed by atoms with Gasteiger partial charge in [-0.1, -0.05) is 18.2 Å². The fourth-order valence-electron chi connectivity index (χ4n) is 2.69. The van der Waals surface area contributed by atoms with Crippen molar-refractivity contribution in [3.63, 3.8) is 0 Å². The first-order chi connectivity index (χ1) is 11.0. The lowest BCUT2D eigenvalue weighted by Crippen LogP contribution is -2.46. The average Bonchev–Trinajstić information content (AvgIpc) is 2.76. The number of hydrogen-bond acceptors (Lipinski definition) is 2. The molecule has 0 spiro atoms. The third-order valence-electron chi connectivity index (χ3n) is 4.03. The lowest BCUT2D eigenvalue weighted by Gasteiger charge is -2.26. The number of nitrogens with zero attached hydrogens (tertiary/aromatic N) is 1. The second kappa shape index (κ2) is 6.41. The fourth-order valence-corrected chi connectivity index (χ4v) is 2.69. The van der Waals surface area contributed by atoms with Crippen molar-refractivity contribution in [2.75, 3.05) is 13.1 Å². The van der Waals surface area contributed by atoms with Crippen LogP contribution in [0.3, 0.4) is 0 Å². The molecule has 2 rings (SSSR count). The molecule has 1 fully saturated rings. The van der Waals surface area contributed by atoms with E-state index >= 15 is 0 Å². The highest BCUT2D eigenvalue weighted by atomic mass is 19.4. The Kier molecular flexibility index (Phi) is 4.87. The molecule has 1 aromatic rings. The lowest BCUT2D eigenvalue weighted by molar-refractivity contribution is -0.157. The SMILES string of the molecule is CC(C)(C(=O)N[C@H]1CC(=O)N(CC(F)(F)F)C1)c1ccccc1F. The lowest BCUT2D eigenvalue weighted by atomic mass is 9.83. The monoisotopic (exact) mass is 346 g/mol. The highest BCUT2D eigenvalue weighted by Crippen LogP contribution is 2.27. The Labute approximate surface area is 136 Å². The number of benzene rings is 1. The van der Waals surface area contributed by atoms with Crippen molar-refractivity contribution in [2.45, 2.75) is 37.9 Å². The number of alkyl halides is 3. The Morgan fingerprint density at radius 1 is 1.29 bits per heavy atom. The first-order valence-electron chi connectivity index (χ1n) is 7.41. The quantitative estimate of drug-likeness (QED) is 0.851. The normalized spacial score (nSPS) is 18.8. The highest BCUT2D eigenvalue weighted by molar-refractivity contribution is 5.89. The first-order valence-corrected chi connectivity index (χ1v) is 7.41. The molecule has 4 nitrogen and oxygen atoms in total. The van der Waals surface area contributed by atoms with Gasteiger partial charge in [0.15, 0.2) is 0 Å². The van der Waals surface area contributed by atoms with Crippen LogP contribution in [0.1, 0.15) is 25.8 Å². The summed E-state index contributed by atoms with van der Waals surface area (Å²) >= 11 is 0. The van der Waals surface area contributed by atoms with Crippen molar-refractivity contribution >= 4 is 11.8 Å².